The van der Waals surface area contributed by atoms with E-state index in [0.717, 1.165) is 5.56 Å². The molecule has 3 aromatic rings. The standard InChI is InChI=1S/C24H20BrClFN3O4/c1-14-6-3-4-9-20(14)29-23(31)24(32)30-28-12-15-10-17(25)22(21(11-15)33-2)34-13-16-18(26)7-5-8-19(16)27/h3-12H,13H2,1-2H3,(H,29,31)(H,30,32)/b28-12-. The molecule has 0 fully saturated rings. The van der Waals surface area contributed by atoms with Gasteiger partial charge < -0.3 is 14.8 Å². The molecule has 2 amide bonds. The Labute approximate surface area is 209 Å². The zero-order valence-corrected chi connectivity index (χ0v) is 20.5. The van der Waals surface area contributed by atoms with Gasteiger partial charge in [-0.3, -0.25) is 9.59 Å². The minimum absolute atomic E-state index is 0.111. The minimum Gasteiger partial charge on any atom is -0.493 e. The molecule has 34 heavy (non-hydrogen) atoms. The summed E-state index contributed by atoms with van der Waals surface area (Å²) in [6, 6.07) is 14.7. The maximum atomic E-state index is 14.0. The fraction of sp³-hybridized carbons (Fsp3) is 0.125. The normalized spacial score (nSPS) is 10.7. The van der Waals surface area contributed by atoms with Crippen molar-refractivity contribution in [1.29, 1.82) is 0 Å². The van der Waals surface area contributed by atoms with Crippen molar-refractivity contribution in [2.24, 2.45) is 5.10 Å². The van der Waals surface area contributed by atoms with Crippen molar-refractivity contribution < 1.29 is 23.5 Å². The Kier molecular flexibility index (Phi) is 8.61. The van der Waals surface area contributed by atoms with Gasteiger partial charge in [0.05, 0.1) is 22.8 Å². The third kappa shape index (κ3) is 6.33. The van der Waals surface area contributed by atoms with E-state index in [0.29, 0.717) is 27.2 Å². The second-order valence-corrected chi connectivity index (χ2v) is 8.25. The van der Waals surface area contributed by atoms with Crippen LogP contribution in [0.2, 0.25) is 5.02 Å². The van der Waals surface area contributed by atoms with Crippen molar-refractivity contribution in [3.63, 3.8) is 0 Å². The van der Waals surface area contributed by atoms with Gasteiger partial charge >= 0.3 is 11.8 Å². The number of hydrogen-bond donors (Lipinski definition) is 2. The summed E-state index contributed by atoms with van der Waals surface area (Å²) >= 11 is 9.44. The summed E-state index contributed by atoms with van der Waals surface area (Å²) in [4.78, 5) is 24.1. The van der Waals surface area contributed by atoms with E-state index in [1.54, 1.807) is 30.3 Å². The summed E-state index contributed by atoms with van der Waals surface area (Å²) < 4.78 is 25.6. The highest BCUT2D eigenvalue weighted by Gasteiger charge is 2.16. The van der Waals surface area contributed by atoms with Gasteiger partial charge in [0.1, 0.15) is 12.4 Å². The zero-order valence-electron chi connectivity index (χ0n) is 18.2. The highest BCUT2D eigenvalue weighted by molar-refractivity contribution is 9.10. The third-order valence-corrected chi connectivity index (χ3v) is 5.60. The maximum Gasteiger partial charge on any atom is 0.329 e. The van der Waals surface area contributed by atoms with Crippen LogP contribution in [0.1, 0.15) is 16.7 Å². The number of hydrazone groups is 1. The molecular formula is C24H20BrClFN3O4. The van der Waals surface area contributed by atoms with Crippen molar-refractivity contribution in [3.05, 3.63) is 86.6 Å². The fourth-order valence-electron chi connectivity index (χ4n) is 2.88. The van der Waals surface area contributed by atoms with Gasteiger partial charge in [-0.05, 0) is 64.3 Å². The molecular weight excluding hydrogens is 529 g/mol. The Morgan fingerprint density at radius 3 is 2.62 bits per heavy atom. The molecule has 0 aliphatic carbocycles. The van der Waals surface area contributed by atoms with Gasteiger partial charge in [0.15, 0.2) is 11.5 Å². The number of carbonyl (C=O) groups excluding carboxylic acids is 2. The molecule has 0 aliphatic rings. The average molecular weight is 549 g/mol. The van der Waals surface area contributed by atoms with Crippen LogP contribution in [0.4, 0.5) is 10.1 Å². The first-order valence-corrected chi connectivity index (χ1v) is 11.1. The van der Waals surface area contributed by atoms with Crippen LogP contribution < -0.4 is 20.2 Å². The molecule has 0 spiro atoms. The highest BCUT2D eigenvalue weighted by atomic mass is 79.9. The van der Waals surface area contributed by atoms with Gasteiger partial charge in [-0.2, -0.15) is 5.10 Å². The molecule has 0 radical (unpaired) electrons. The number of anilines is 1. The number of hydrogen-bond acceptors (Lipinski definition) is 5. The van der Waals surface area contributed by atoms with E-state index < -0.39 is 17.6 Å². The lowest BCUT2D eigenvalue weighted by atomic mass is 10.2. The number of para-hydroxylation sites is 1. The van der Waals surface area contributed by atoms with Crippen LogP contribution in [0.25, 0.3) is 0 Å². The van der Waals surface area contributed by atoms with Crippen molar-refractivity contribution in [2.45, 2.75) is 13.5 Å². The molecule has 3 aromatic carbocycles. The van der Waals surface area contributed by atoms with Crippen LogP contribution in [0.15, 0.2) is 64.2 Å². The maximum absolute atomic E-state index is 14.0. The zero-order chi connectivity index (χ0) is 24.7. The molecule has 176 valence electrons. The second-order valence-electron chi connectivity index (χ2n) is 6.99. The van der Waals surface area contributed by atoms with E-state index in [9.17, 15) is 14.0 Å². The predicted molar refractivity (Wildman–Crippen MR) is 132 cm³/mol. The number of nitrogens with one attached hydrogen (secondary N) is 2. The molecule has 3 rings (SSSR count). The number of nitrogens with zero attached hydrogens (tertiary/aromatic N) is 1. The van der Waals surface area contributed by atoms with E-state index in [4.69, 9.17) is 21.1 Å². The van der Waals surface area contributed by atoms with Gasteiger partial charge in [0.2, 0.25) is 0 Å². The summed E-state index contributed by atoms with van der Waals surface area (Å²) in [6.07, 6.45) is 1.34. The quantitative estimate of drug-likeness (QED) is 0.241. The third-order valence-electron chi connectivity index (χ3n) is 4.65. The molecule has 10 heteroatoms. The average Bonchev–Trinajstić information content (AvgIpc) is 2.80. The van der Waals surface area contributed by atoms with E-state index in [1.165, 1.54) is 25.5 Å². The van der Waals surface area contributed by atoms with Crippen molar-refractivity contribution in [3.8, 4) is 11.5 Å². The fourth-order valence-corrected chi connectivity index (χ4v) is 3.67. The van der Waals surface area contributed by atoms with Crippen LogP contribution in [-0.4, -0.2) is 25.1 Å². The first kappa shape index (κ1) is 25.2. The summed E-state index contributed by atoms with van der Waals surface area (Å²) in [5, 5.41) is 6.59. The Morgan fingerprint density at radius 1 is 1.15 bits per heavy atom. The Bertz CT molecular complexity index is 1230. The molecule has 7 nitrogen and oxygen atoms in total. The monoisotopic (exact) mass is 547 g/mol. The molecule has 0 saturated heterocycles. The molecule has 0 atom stereocenters. The van der Waals surface area contributed by atoms with Crippen molar-refractivity contribution in [1.82, 2.24) is 5.43 Å². The van der Waals surface area contributed by atoms with E-state index in [-0.39, 0.29) is 17.2 Å². The van der Waals surface area contributed by atoms with E-state index >= 15 is 0 Å². The number of benzene rings is 3. The number of ether oxygens (including phenoxy) is 2. The summed E-state index contributed by atoms with van der Waals surface area (Å²) in [7, 11) is 1.45. The van der Waals surface area contributed by atoms with Crippen LogP contribution in [-0.2, 0) is 16.2 Å². The number of aryl methyl sites for hydroxylation is 1. The SMILES string of the molecule is COc1cc(/C=N\NC(=O)C(=O)Nc2ccccc2C)cc(Br)c1OCc1c(F)cccc1Cl. The van der Waals surface area contributed by atoms with Gasteiger partial charge in [-0.1, -0.05) is 35.9 Å². The molecule has 0 aromatic heterocycles. The summed E-state index contributed by atoms with van der Waals surface area (Å²) in [5.41, 5.74) is 4.29. The summed E-state index contributed by atoms with van der Waals surface area (Å²) in [6.45, 7) is 1.70. The Morgan fingerprint density at radius 2 is 1.91 bits per heavy atom. The first-order chi connectivity index (χ1) is 16.3. The number of halogens is 3. The lowest BCUT2D eigenvalue weighted by Crippen LogP contribution is -2.32. The number of rotatable bonds is 7. The topological polar surface area (TPSA) is 89.0 Å². The van der Waals surface area contributed by atoms with Crippen molar-refractivity contribution in [2.75, 3.05) is 12.4 Å². The largest absolute Gasteiger partial charge is 0.493 e. The van der Waals surface area contributed by atoms with Crippen LogP contribution in [0, 0.1) is 12.7 Å². The van der Waals surface area contributed by atoms with Crippen LogP contribution in [0.3, 0.4) is 0 Å². The van der Waals surface area contributed by atoms with E-state index in [2.05, 4.69) is 31.8 Å². The molecule has 2 N–H and O–H groups in total. The van der Waals surface area contributed by atoms with E-state index in [1.807, 2.05) is 19.1 Å². The minimum atomic E-state index is -0.924. The van der Waals surface area contributed by atoms with Crippen molar-refractivity contribution >= 4 is 51.2 Å². The molecule has 0 heterocycles. The van der Waals surface area contributed by atoms with Gasteiger partial charge in [0.25, 0.3) is 0 Å². The highest BCUT2D eigenvalue weighted by Crippen LogP contribution is 2.37. The number of methoxy groups -OCH3 is 1. The smallest absolute Gasteiger partial charge is 0.329 e. The number of amides is 2. The molecule has 0 saturated carbocycles. The lowest BCUT2D eigenvalue weighted by molar-refractivity contribution is -0.136. The molecule has 0 bridgehead atoms. The Balaban J connectivity index is 1.66. The second kappa shape index (κ2) is 11.6. The molecule has 0 aliphatic heterocycles. The number of carbonyl (C=O) groups is 2. The molecule has 0 unspecified atom stereocenters. The van der Waals surface area contributed by atoms with Gasteiger partial charge in [0, 0.05) is 11.3 Å². The summed E-state index contributed by atoms with van der Waals surface area (Å²) in [5.74, 6) is -1.57. The lowest BCUT2D eigenvalue weighted by Gasteiger charge is -2.14. The first-order valence-electron chi connectivity index (χ1n) is 9.93. The Hall–Kier alpha value is -3.43. The van der Waals surface area contributed by atoms with Gasteiger partial charge in [-0.25, -0.2) is 9.82 Å². The van der Waals surface area contributed by atoms with Crippen LogP contribution >= 0.6 is 27.5 Å². The predicted octanol–water partition coefficient (Wildman–Crippen LogP) is 5.23. The van der Waals surface area contributed by atoms with Crippen LogP contribution in [0.5, 0.6) is 11.5 Å². The van der Waals surface area contributed by atoms with Gasteiger partial charge in [-0.15, -0.1) is 0 Å².